The van der Waals surface area contributed by atoms with E-state index < -0.39 is 12.0 Å². The van der Waals surface area contributed by atoms with Gasteiger partial charge in [-0.2, -0.15) is 9.97 Å². The van der Waals surface area contributed by atoms with Crippen LogP contribution in [0.15, 0.2) is 12.1 Å². The van der Waals surface area contributed by atoms with Gasteiger partial charge in [-0.3, -0.25) is 0 Å². The van der Waals surface area contributed by atoms with Gasteiger partial charge in [0.25, 0.3) is 0 Å². The van der Waals surface area contributed by atoms with Gasteiger partial charge < -0.3 is 20.4 Å². The van der Waals surface area contributed by atoms with Gasteiger partial charge in [0.2, 0.25) is 11.8 Å². The van der Waals surface area contributed by atoms with E-state index in [2.05, 4.69) is 19.9 Å². The highest BCUT2D eigenvalue weighted by molar-refractivity contribution is 5.20. The third-order valence-electron chi connectivity index (χ3n) is 2.15. The van der Waals surface area contributed by atoms with E-state index in [1.54, 1.807) is 0 Å². The van der Waals surface area contributed by atoms with Gasteiger partial charge in [-0.05, 0) is 12.8 Å². The van der Waals surface area contributed by atoms with Crippen LogP contribution < -0.4 is 0 Å². The molecule has 8 nitrogen and oxygen atoms in total. The lowest BCUT2D eigenvalue weighted by atomic mass is 10.2. The fourth-order valence-corrected chi connectivity index (χ4v) is 1.45. The maximum atomic E-state index is 9.16. The molecule has 94 valence electrons. The van der Waals surface area contributed by atoms with Crippen LogP contribution in [0.2, 0.25) is 0 Å². The van der Waals surface area contributed by atoms with Crippen LogP contribution in [0.4, 0.5) is 0 Å². The minimum Gasteiger partial charge on any atom is -0.493 e. The van der Waals surface area contributed by atoms with Crippen LogP contribution in [0.1, 0.15) is 11.4 Å². The van der Waals surface area contributed by atoms with E-state index in [9.17, 15) is 0 Å². The molecule has 8 heteroatoms. The molecule has 0 aliphatic heterocycles. The zero-order valence-corrected chi connectivity index (χ0v) is 9.15. The number of nitrogens with zero attached hydrogens (tertiary/aromatic N) is 4. The molecule has 2 aromatic heterocycles. The number of hydrogen-bond acceptors (Lipinski definition) is 8. The summed E-state index contributed by atoms with van der Waals surface area (Å²) in [6.45, 7) is 0. The van der Waals surface area contributed by atoms with Crippen molar-refractivity contribution in [1.29, 1.82) is 0 Å². The molecule has 18 heavy (non-hydrogen) atoms. The average Bonchev–Trinajstić information content (AvgIpc) is 2.23. The second kappa shape index (κ2) is 4.70. The standard InChI is InChI=1S/C10H10N4O4/c15-7-3-5(11-9(17)13-7)1-2-6-4-8(16)14-10(18)12-6/h3-4H,1-2H2,(H2,11,13,15,17)(H2,12,14,16,18). The summed E-state index contributed by atoms with van der Waals surface area (Å²) in [5.74, 6) is -0.656. The quantitative estimate of drug-likeness (QED) is 0.592. The maximum absolute atomic E-state index is 9.16. The molecule has 0 aliphatic rings. The third kappa shape index (κ3) is 2.94. The van der Waals surface area contributed by atoms with Crippen molar-refractivity contribution in [2.24, 2.45) is 0 Å². The normalized spacial score (nSPS) is 10.4. The zero-order chi connectivity index (χ0) is 13.1. The van der Waals surface area contributed by atoms with Crippen LogP contribution in [0.25, 0.3) is 0 Å². The Labute approximate surface area is 101 Å². The SMILES string of the molecule is Oc1cc(CCc2cc(O)nc(O)n2)nc(O)n1. The molecule has 4 N–H and O–H groups in total. The van der Waals surface area contributed by atoms with Crippen molar-refractivity contribution < 1.29 is 20.4 Å². The second-order valence-corrected chi connectivity index (χ2v) is 3.53. The number of aryl methyl sites for hydroxylation is 2. The summed E-state index contributed by atoms with van der Waals surface area (Å²) < 4.78 is 0. The Morgan fingerprint density at radius 1 is 0.667 bits per heavy atom. The predicted octanol–water partition coefficient (Wildman–Crippen LogP) is -0.126. The Bertz CT molecular complexity index is 484. The van der Waals surface area contributed by atoms with Crippen molar-refractivity contribution in [2.45, 2.75) is 12.8 Å². The first-order valence-electron chi connectivity index (χ1n) is 5.05. The van der Waals surface area contributed by atoms with E-state index in [-0.39, 0.29) is 11.8 Å². The van der Waals surface area contributed by atoms with E-state index in [1.165, 1.54) is 12.1 Å². The van der Waals surface area contributed by atoms with Gasteiger partial charge in [0.05, 0.1) is 11.4 Å². The zero-order valence-electron chi connectivity index (χ0n) is 9.15. The molecule has 2 aromatic rings. The summed E-state index contributed by atoms with van der Waals surface area (Å²) in [4.78, 5) is 14.0. The topological polar surface area (TPSA) is 132 Å². The molecule has 0 aliphatic carbocycles. The monoisotopic (exact) mass is 250 g/mol. The molecular weight excluding hydrogens is 240 g/mol. The Kier molecular flexibility index (Phi) is 3.09. The van der Waals surface area contributed by atoms with E-state index in [0.29, 0.717) is 24.2 Å². The first-order valence-corrected chi connectivity index (χ1v) is 5.05. The molecule has 0 atom stereocenters. The van der Waals surface area contributed by atoms with Crippen LogP contribution in [0.5, 0.6) is 23.8 Å². The van der Waals surface area contributed by atoms with Gasteiger partial charge in [0.1, 0.15) is 0 Å². The number of aromatic nitrogens is 4. The number of aromatic hydroxyl groups is 4. The summed E-state index contributed by atoms with van der Waals surface area (Å²) in [5.41, 5.74) is 0.829. The smallest absolute Gasteiger partial charge is 0.317 e. The van der Waals surface area contributed by atoms with Gasteiger partial charge in [-0.1, -0.05) is 0 Å². The van der Waals surface area contributed by atoms with Crippen LogP contribution >= 0.6 is 0 Å². The number of rotatable bonds is 3. The third-order valence-corrected chi connectivity index (χ3v) is 2.15. The van der Waals surface area contributed by atoms with Crippen molar-refractivity contribution in [3.05, 3.63) is 23.5 Å². The van der Waals surface area contributed by atoms with E-state index in [0.717, 1.165) is 0 Å². The molecule has 0 aromatic carbocycles. The maximum Gasteiger partial charge on any atom is 0.317 e. The Hall–Kier alpha value is -2.64. The van der Waals surface area contributed by atoms with Crippen molar-refractivity contribution in [3.63, 3.8) is 0 Å². The van der Waals surface area contributed by atoms with Gasteiger partial charge >= 0.3 is 12.0 Å². The highest BCUT2D eigenvalue weighted by atomic mass is 16.3. The molecule has 0 bridgehead atoms. The second-order valence-electron chi connectivity index (χ2n) is 3.53. The van der Waals surface area contributed by atoms with E-state index in [1.807, 2.05) is 0 Å². The molecule has 2 rings (SSSR count). The van der Waals surface area contributed by atoms with Gasteiger partial charge in [0, 0.05) is 12.1 Å². The highest BCUT2D eigenvalue weighted by Crippen LogP contribution is 2.15. The van der Waals surface area contributed by atoms with Crippen LogP contribution in [0.3, 0.4) is 0 Å². The fourth-order valence-electron chi connectivity index (χ4n) is 1.45. The van der Waals surface area contributed by atoms with E-state index in [4.69, 9.17) is 20.4 Å². The van der Waals surface area contributed by atoms with Crippen molar-refractivity contribution in [2.75, 3.05) is 0 Å². The van der Waals surface area contributed by atoms with Gasteiger partial charge in [-0.15, -0.1) is 0 Å². The minimum absolute atomic E-state index is 0.328. The fraction of sp³-hybridized carbons (Fsp3) is 0.200. The van der Waals surface area contributed by atoms with Gasteiger partial charge in [-0.25, -0.2) is 9.97 Å². The summed E-state index contributed by atoms with van der Waals surface area (Å²) in [5, 5.41) is 36.5. The Morgan fingerprint density at radius 2 is 1.06 bits per heavy atom. The molecule has 0 spiro atoms. The molecule has 0 unspecified atom stereocenters. The van der Waals surface area contributed by atoms with Crippen LogP contribution in [-0.4, -0.2) is 40.4 Å². The molecule has 0 amide bonds. The Balaban J connectivity index is 2.11. The summed E-state index contributed by atoms with van der Waals surface area (Å²) in [7, 11) is 0. The van der Waals surface area contributed by atoms with Crippen molar-refractivity contribution in [3.8, 4) is 23.8 Å². The molecule has 0 saturated heterocycles. The average molecular weight is 250 g/mol. The molecular formula is C10H10N4O4. The minimum atomic E-state index is -0.515. The van der Waals surface area contributed by atoms with Crippen LogP contribution in [0, 0.1) is 0 Å². The Morgan fingerprint density at radius 3 is 1.39 bits per heavy atom. The van der Waals surface area contributed by atoms with E-state index >= 15 is 0 Å². The highest BCUT2D eigenvalue weighted by Gasteiger charge is 2.06. The first-order chi connectivity index (χ1) is 8.52. The lowest BCUT2D eigenvalue weighted by molar-refractivity contribution is 0.391. The van der Waals surface area contributed by atoms with Crippen molar-refractivity contribution in [1.82, 2.24) is 19.9 Å². The molecule has 0 fully saturated rings. The van der Waals surface area contributed by atoms with Gasteiger partial charge in [0.15, 0.2) is 0 Å². The summed E-state index contributed by atoms with van der Waals surface area (Å²) in [6.07, 6.45) is 0.694. The van der Waals surface area contributed by atoms with Crippen molar-refractivity contribution >= 4 is 0 Å². The molecule has 0 radical (unpaired) electrons. The largest absolute Gasteiger partial charge is 0.493 e. The molecule has 0 saturated carbocycles. The lowest BCUT2D eigenvalue weighted by Gasteiger charge is -2.02. The lowest BCUT2D eigenvalue weighted by Crippen LogP contribution is -1.98. The predicted molar refractivity (Wildman–Crippen MR) is 58.1 cm³/mol. The molecule has 2 heterocycles. The first kappa shape index (κ1) is 11.8. The summed E-state index contributed by atoms with van der Waals surface area (Å²) in [6, 6.07) is 1.58. The summed E-state index contributed by atoms with van der Waals surface area (Å²) >= 11 is 0. The number of hydrogen-bond donors (Lipinski definition) is 4. The van der Waals surface area contributed by atoms with Crippen LogP contribution in [-0.2, 0) is 12.8 Å².